The number of carbonyl (C=O) groups is 1. The molecule has 0 spiro atoms. The second-order valence-corrected chi connectivity index (χ2v) is 9.17. The zero-order valence-electron chi connectivity index (χ0n) is 16.1. The van der Waals surface area contributed by atoms with Crippen LogP contribution >= 0.6 is 0 Å². The molecule has 2 aliphatic carbocycles. The van der Waals surface area contributed by atoms with Crippen molar-refractivity contribution in [2.24, 2.45) is 22.7 Å². The molecule has 3 aliphatic rings. The van der Waals surface area contributed by atoms with Crippen LogP contribution in [-0.4, -0.2) is 46.2 Å². The molecule has 1 heterocycles. The first-order chi connectivity index (χ1) is 12.1. The first-order valence-corrected chi connectivity index (χ1v) is 9.63. The van der Waals surface area contributed by atoms with Gasteiger partial charge in [-0.3, -0.25) is 0 Å². The van der Waals surface area contributed by atoms with Gasteiger partial charge >= 0.3 is 5.97 Å². The molecule has 0 aromatic rings. The maximum absolute atomic E-state index is 11.8. The number of hydrogen-bond acceptors (Lipinski definition) is 5. The minimum Gasteiger partial charge on any atom is -0.459 e. The lowest BCUT2D eigenvalue weighted by Gasteiger charge is -2.63. The van der Waals surface area contributed by atoms with Gasteiger partial charge < -0.3 is 20.1 Å². The van der Waals surface area contributed by atoms with Crippen molar-refractivity contribution in [1.82, 2.24) is 0 Å². The standard InChI is InChI=1S/C21H32O5/c1-13-5-8-17-19(2,9-10-21(4,25)20(17,3)12-22)15(13)7-6-14-16(23)11-26-18(14)24/h6,15-17,22-23,25H,1,5,7-12H2,2-4H3/b14-6+/t15-,16-,17+,19+,20+,21+/m1/s1. The average molecular weight is 364 g/mol. The van der Waals surface area contributed by atoms with Crippen molar-refractivity contribution in [3.05, 3.63) is 23.8 Å². The molecule has 3 N–H and O–H groups in total. The number of rotatable bonds is 3. The Hall–Kier alpha value is -1.17. The lowest BCUT2D eigenvalue weighted by Crippen LogP contribution is -2.62. The lowest BCUT2D eigenvalue weighted by molar-refractivity contribution is -0.201. The highest BCUT2D eigenvalue weighted by Gasteiger charge is 2.61. The van der Waals surface area contributed by atoms with E-state index < -0.39 is 23.1 Å². The highest BCUT2D eigenvalue weighted by molar-refractivity contribution is 5.91. The topological polar surface area (TPSA) is 87.0 Å². The summed E-state index contributed by atoms with van der Waals surface area (Å²) in [6.07, 6.45) is 4.82. The lowest BCUT2D eigenvalue weighted by atomic mass is 9.43. The fraction of sp³-hybridized carbons (Fsp3) is 0.762. The number of carbonyl (C=O) groups excluding carboxylic acids is 1. The van der Waals surface area contributed by atoms with Gasteiger partial charge in [0.25, 0.3) is 0 Å². The van der Waals surface area contributed by atoms with E-state index >= 15 is 0 Å². The van der Waals surface area contributed by atoms with E-state index in [0.717, 1.165) is 24.8 Å². The van der Waals surface area contributed by atoms with Crippen LogP contribution in [0.3, 0.4) is 0 Å². The number of hydrogen-bond donors (Lipinski definition) is 3. The Morgan fingerprint density at radius 2 is 2.00 bits per heavy atom. The third-order valence-corrected chi connectivity index (χ3v) is 7.86. The van der Waals surface area contributed by atoms with Crippen LogP contribution in [0.5, 0.6) is 0 Å². The van der Waals surface area contributed by atoms with Gasteiger partial charge in [-0.1, -0.05) is 32.1 Å². The molecule has 0 bridgehead atoms. The summed E-state index contributed by atoms with van der Waals surface area (Å²) >= 11 is 0. The van der Waals surface area contributed by atoms with Gasteiger partial charge in [-0.15, -0.1) is 0 Å². The Morgan fingerprint density at radius 3 is 2.58 bits per heavy atom. The molecule has 3 rings (SSSR count). The molecule has 26 heavy (non-hydrogen) atoms. The maximum atomic E-state index is 11.8. The molecule has 3 fully saturated rings. The van der Waals surface area contributed by atoms with Gasteiger partial charge in [-0.05, 0) is 56.3 Å². The summed E-state index contributed by atoms with van der Waals surface area (Å²) in [4.78, 5) is 11.8. The summed E-state index contributed by atoms with van der Waals surface area (Å²) in [6.45, 7) is 10.3. The molecule has 0 radical (unpaired) electrons. The highest BCUT2D eigenvalue weighted by atomic mass is 16.6. The van der Waals surface area contributed by atoms with Crippen LogP contribution in [0.15, 0.2) is 23.8 Å². The summed E-state index contributed by atoms with van der Waals surface area (Å²) in [5, 5.41) is 31.1. The smallest absolute Gasteiger partial charge is 0.336 e. The van der Waals surface area contributed by atoms with Crippen molar-refractivity contribution in [1.29, 1.82) is 0 Å². The van der Waals surface area contributed by atoms with Crippen molar-refractivity contribution >= 4 is 5.97 Å². The second kappa shape index (κ2) is 6.47. The summed E-state index contributed by atoms with van der Waals surface area (Å²) in [7, 11) is 0. The van der Waals surface area contributed by atoms with Gasteiger partial charge in [0.2, 0.25) is 0 Å². The molecule has 2 saturated carbocycles. The molecule has 1 aliphatic heterocycles. The van der Waals surface area contributed by atoms with Crippen LogP contribution in [0, 0.1) is 22.7 Å². The first kappa shape index (κ1) is 19.6. The Balaban J connectivity index is 1.92. The summed E-state index contributed by atoms with van der Waals surface area (Å²) in [5.74, 6) is -0.123. The van der Waals surface area contributed by atoms with Gasteiger partial charge in [-0.25, -0.2) is 4.79 Å². The molecule has 6 atom stereocenters. The number of ether oxygens (including phenoxy) is 1. The molecule has 0 amide bonds. The van der Waals surface area contributed by atoms with E-state index in [1.807, 2.05) is 19.9 Å². The maximum Gasteiger partial charge on any atom is 0.336 e. The number of aliphatic hydroxyl groups is 3. The summed E-state index contributed by atoms with van der Waals surface area (Å²) in [5.41, 5.74) is -0.0872. The van der Waals surface area contributed by atoms with E-state index in [2.05, 4.69) is 13.5 Å². The van der Waals surface area contributed by atoms with E-state index in [0.29, 0.717) is 18.4 Å². The Kier molecular flexibility index (Phi) is 4.87. The SMILES string of the molecule is C=C1CC[C@H]2[C@@](C)(CC[C@](C)(O)[C@@]2(C)CO)[C@@H]1C/C=C1/C(=O)OC[C@H]1O. The summed E-state index contributed by atoms with van der Waals surface area (Å²) < 4.78 is 4.91. The minimum atomic E-state index is -0.904. The fourth-order valence-corrected chi connectivity index (χ4v) is 5.76. The van der Waals surface area contributed by atoms with Gasteiger partial charge in [-0.2, -0.15) is 0 Å². The van der Waals surface area contributed by atoms with Gasteiger partial charge in [0.1, 0.15) is 12.7 Å². The molecule has 0 aromatic heterocycles. The molecule has 1 saturated heterocycles. The quantitative estimate of drug-likeness (QED) is 0.406. The molecule has 5 nitrogen and oxygen atoms in total. The molecule has 0 aromatic carbocycles. The fourth-order valence-electron chi connectivity index (χ4n) is 5.76. The summed E-state index contributed by atoms with van der Waals surface area (Å²) in [6, 6.07) is 0. The Labute approximate surface area is 155 Å². The first-order valence-electron chi connectivity index (χ1n) is 9.63. The van der Waals surface area contributed by atoms with Crippen molar-refractivity contribution in [2.75, 3.05) is 13.2 Å². The van der Waals surface area contributed by atoms with E-state index in [4.69, 9.17) is 4.74 Å². The number of cyclic esters (lactones) is 1. The normalized spacial score (nSPS) is 47.8. The van der Waals surface area contributed by atoms with Gasteiger partial charge in [0, 0.05) is 5.41 Å². The third kappa shape index (κ3) is 2.76. The zero-order valence-corrected chi connectivity index (χ0v) is 16.1. The van der Waals surface area contributed by atoms with Crippen LogP contribution in [0.2, 0.25) is 0 Å². The van der Waals surface area contributed by atoms with Crippen LogP contribution in [-0.2, 0) is 9.53 Å². The second-order valence-electron chi connectivity index (χ2n) is 9.17. The van der Waals surface area contributed by atoms with Crippen LogP contribution in [0.1, 0.15) is 52.9 Å². The predicted molar refractivity (Wildman–Crippen MR) is 98.2 cm³/mol. The monoisotopic (exact) mass is 364 g/mol. The average Bonchev–Trinajstić information content (AvgIpc) is 2.90. The van der Waals surface area contributed by atoms with E-state index in [9.17, 15) is 20.1 Å². The molecule has 146 valence electrons. The predicted octanol–water partition coefficient (Wildman–Crippen LogP) is 2.35. The Bertz CT molecular complexity index is 636. The van der Waals surface area contributed by atoms with Gasteiger partial charge in [0.05, 0.1) is 17.8 Å². The van der Waals surface area contributed by atoms with Crippen LogP contribution < -0.4 is 0 Å². The van der Waals surface area contributed by atoms with E-state index in [-0.39, 0.29) is 30.5 Å². The Morgan fingerprint density at radius 1 is 1.31 bits per heavy atom. The van der Waals surface area contributed by atoms with E-state index in [1.165, 1.54) is 0 Å². The highest BCUT2D eigenvalue weighted by Crippen LogP contribution is 2.64. The zero-order chi connectivity index (χ0) is 19.3. The van der Waals surface area contributed by atoms with Crippen molar-refractivity contribution in [3.8, 4) is 0 Å². The minimum absolute atomic E-state index is 0.0294. The van der Waals surface area contributed by atoms with Crippen molar-refractivity contribution in [2.45, 2.75) is 64.6 Å². The molecule has 0 unspecified atom stereocenters. The van der Waals surface area contributed by atoms with E-state index in [1.54, 1.807) is 0 Å². The third-order valence-electron chi connectivity index (χ3n) is 7.86. The molecule has 5 heteroatoms. The number of allylic oxidation sites excluding steroid dienone is 2. The van der Waals surface area contributed by atoms with Crippen molar-refractivity contribution < 1.29 is 24.9 Å². The number of aliphatic hydroxyl groups excluding tert-OH is 2. The molecular formula is C21H32O5. The van der Waals surface area contributed by atoms with Gasteiger partial charge in [0.15, 0.2) is 0 Å². The van der Waals surface area contributed by atoms with Crippen LogP contribution in [0.4, 0.5) is 0 Å². The van der Waals surface area contributed by atoms with Crippen molar-refractivity contribution in [3.63, 3.8) is 0 Å². The van der Waals surface area contributed by atoms with Crippen LogP contribution in [0.25, 0.3) is 0 Å². The number of esters is 1. The number of fused-ring (bicyclic) bond motifs is 1. The molecular weight excluding hydrogens is 332 g/mol. The largest absolute Gasteiger partial charge is 0.459 e.